The molecule has 0 radical (unpaired) electrons. The van der Waals surface area contributed by atoms with E-state index in [4.69, 9.17) is 14.2 Å². The van der Waals surface area contributed by atoms with Crippen LogP contribution in [0.4, 0.5) is 4.39 Å². The second-order valence-corrected chi connectivity index (χ2v) is 6.72. The van der Waals surface area contributed by atoms with E-state index in [9.17, 15) is 14.0 Å². The fraction of sp³-hybridized carbons (Fsp3) is 0.364. The molecule has 0 amide bonds. The summed E-state index contributed by atoms with van der Waals surface area (Å²) in [6, 6.07) is 6.17. The molecular weight excluding hydrogens is 377 g/mol. The summed E-state index contributed by atoms with van der Waals surface area (Å²) < 4.78 is 30.8. The number of carbonyl (C=O) groups is 2. The van der Waals surface area contributed by atoms with Crippen molar-refractivity contribution in [2.75, 3.05) is 27.4 Å². The van der Waals surface area contributed by atoms with Gasteiger partial charge in [0.25, 0.3) is 0 Å². The van der Waals surface area contributed by atoms with Crippen molar-refractivity contribution in [1.82, 2.24) is 4.57 Å². The average molecular weight is 403 g/mol. The van der Waals surface area contributed by atoms with Crippen molar-refractivity contribution in [2.24, 2.45) is 0 Å². The highest BCUT2D eigenvalue weighted by Gasteiger charge is 2.19. The van der Waals surface area contributed by atoms with Gasteiger partial charge in [0.2, 0.25) is 5.78 Å². The van der Waals surface area contributed by atoms with Gasteiger partial charge in [0.1, 0.15) is 0 Å². The monoisotopic (exact) mass is 403 g/mol. The number of hydrogen-bond donors (Lipinski definition) is 0. The molecule has 29 heavy (non-hydrogen) atoms. The number of Topliss-reactive ketones (excluding diaryl/α,β-unsaturated/α-hetero) is 1. The Morgan fingerprint density at radius 3 is 2.55 bits per heavy atom. The Hall–Kier alpha value is -2.93. The normalized spacial score (nSPS) is 12.2. The van der Waals surface area contributed by atoms with E-state index in [1.165, 1.54) is 25.3 Å². The van der Waals surface area contributed by atoms with E-state index < -0.39 is 11.8 Å². The van der Waals surface area contributed by atoms with Crippen molar-refractivity contribution in [3.05, 3.63) is 58.7 Å². The Bertz CT molecular complexity index is 916. The molecule has 0 N–H and O–H groups in total. The number of halogens is 1. The highest BCUT2D eigenvalue weighted by atomic mass is 19.1. The largest absolute Gasteiger partial charge is 0.494 e. The van der Waals surface area contributed by atoms with Crippen LogP contribution in [0.25, 0.3) is 6.08 Å². The molecule has 0 aliphatic heterocycles. The maximum Gasteiger partial charge on any atom is 0.331 e. The molecule has 2 rings (SSSR count). The molecule has 0 saturated heterocycles. The van der Waals surface area contributed by atoms with Crippen LogP contribution in [0.1, 0.15) is 40.3 Å². The lowest BCUT2D eigenvalue weighted by molar-refractivity contribution is -0.136. The van der Waals surface area contributed by atoms with E-state index in [1.54, 1.807) is 19.2 Å². The van der Waals surface area contributed by atoms with Gasteiger partial charge in [-0.15, -0.1) is 0 Å². The number of rotatable bonds is 9. The Labute approximate surface area is 169 Å². The van der Waals surface area contributed by atoms with Crippen molar-refractivity contribution in [2.45, 2.75) is 26.8 Å². The third-order valence-electron chi connectivity index (χ3n) is 4.57. The van der Waals surface area contributed by atoms with Gasteiger partial charge in [-0.1, -0.05) is 6.07 Å². The summed E-state index contributed by atoms with van der Waals surface area (Å²) >= 11 is 0. The Balaban J connectivity index is 1.99. The van der Waals surface area contributed by atoms with Crippen molar-refractivity contribution in [3.8, 4) is 5.75 Å². The lowest BCUT2D eigenvalue weighted by Crippen LogP contribution is -2.16. The third kappa shape index (κ3) is 5.54. The zero-order valence-corrected chi connectivity index (χ0v) is 17.3. The fourth-order valence-electron chi connectivity index (χ4n) is 3.27. The Morgan fingerprint density at radius 2 is 1.93 bits per heavy atom. The van der Waals surface area contributed by atoms with Gasteiger partial charge >= 0.3 is 5.97 Å². The predicted molar refractivity (Wildman–Crippen MR) is 108 cm³/mol. The number of aryl methyl sites for hydroxylation is 1. The summed E-state index contributed by atoms with van der Waals surface area (Å²) in [4.78, 5) is 24.4. The molecule has 0 bridgehead atoms. The summed E-state index contributed by atoms with van der Waals surface area (Å²) in [7, 11) is 3.00. The molecular formula is C22H26FNO5. The number of methoxy groups -OCH3 is 2. The van der Waals surface area contributed by atoms with Gasteiger partial charge in [-0.2, -0.15) is 0 Å². The minimum atomic E-state index is -0.684. The molecule has 0 aliphatic carbocycles. The lowest BCUT2D eigenvalue weighted by atomic mass is 10.1. The van der Waals surface area contributed by atoms with Gasteiger partial charge in [-0.25, -0.2) is 9.18 Å². The van der Waals surface area contributed by atoms with E-state index in [-0.39, 0.29) is 24.2 Å². The number of esters is 1. The topological polar surface area (TPSA) is 66.8 Å². The molecule has 156 valence electrons. The summed E-state index contributed by atoms with van der Waals surface area (Å²) in [5, 5.41) is 0. The molecule has 0 saturated carbocycles. The standard InChI is InChI=1S/C22H26FNO5/c1-14-10-18(16(3)24(14)15(2)12-27-4)20(25)13-29-22(26)9-7-17-6-8-21(28-5)19(23)11-17/h6-11,15H,12-13H2,1-5H3/b9-7+/t15-/m0/s1. The third-order valence-corrected chi connectivity index (χ3v) is 4.57. The SMILES string of the molecule is COC[C@H](C)n1c(C)cc(C(=O)COC(=O)/C=C/c2ccc(OC)c(F)c2)c1C. The van der Waals surface area contributed by atoms with Crippen LogP contribution in [0.5, 0.6) is 5.75 Å². The first-order valence-electron chi connectivity index (χ1n) is 9.17. The molecule has 1 heterocycles. The molecule has 0 fully saturated rings. The number of ether oxygens (including phenoxy) is 3. The second-order valence-electron chi connectivity index (χ2n) is 6.72. The van der Waals surface area contributed by atoms with Gasteiger partial charge < -0.3 is 18.8 Å². The zero-order chi connectivity index (χ0) is 21.6. The maximum absolute atomic E-state index is 13.7. The fourth-order valence-corrected chi connectivity index (χ4v) is 3.27. The molecule has 1 aromatic carbocycles. The number of hydrogen-bond acceptors (Lipinski definition) is 5. The van der Waals surface area contributed by atoms with Crippen molar-refractivity contribution < 1.29 is 28.2 Å². The number of benzene rings is 1. The van der Waals surface area contributed by atoms with E-state index in [2.05, 4.69) is 0 Å². The molecule has 7 heteroatoms. The maximum atomic E-state index is 13.7. The van der Waals surface area contributed by atoms with Crippen LogP contribution in [0.15, 0.2) is 30.3 Å². The van der Waals surface area contributed by atoms with E-state index in [1.807, 2.05) is 25.3 Å². The highest BCUT2D eigenvalue weighted by molar-refractivity contribution is 6.00. The van der Waals surface area contributed by atoms with Crippen molar-refractivity contribution in [1.29, 1.82) is 0 Å². The molecule has 0 aliphatic rings. The molecule has 1 atom stereocenters. The van der Waals surface area contributed by atoms with E-state index in [0.29, 0.717) is 17.7 Å². The molecule has 6 nitrogen and oxygen atoms in total. The van der Waals surface area contributed by atoms with Crippen molar-refractivity contribution in [3.63, 3.8) is 0 Å². The molecule has 1 aromatic heterocycles. The summed E-state index contributed by atoms with van der Waals surface area (Å²) in [6.45, 7) is 5.93. The molecule has 0 unspecified atom stereocenters. The smallest absolute Gasteiger partial charge is 0.331 e. The number of carbonyl (C=O) groups excluding carboxylic acids is 2. The van der Waals surface area contributed by atoms with Crippen LogP contribution >= 0.6 is 0 Å². The van der Waals surface area contributed by atoms with Crippen molar-refractivity contribution >= 4 is 17.8 Å². The predicted octanol–water partition coefficient (Wildman–Crippen LogP) is 3.90. The van der Waals surface area contributed by atoms with Gasteiger partial charge in [0.05, 0.1) is 19.8 Å². The van der Waals surface area contributed by atoms with Gasteiger partial charge in [0, 0.05) is 30.1 Å². The lowest BCUT2D eigenvalue weighted by Gasteiger charge is -2.17. The van der Waals surface area contributed by atoms with E-state index in [0.717, 1.165) is 17.5 Å². The van der Waals surface area contributed by atoms with Crippen LogP contribution in [0, 0.1) is 19.7 Å². The minimum Gasteiger partial charge on any atom is -0.494 e. The van der Waals surface area contributed by atoms with Crippen LogP contribution in [0.2, 0.25) is 0 Å². The van der Waals surface area contributed by atoms with Crippen LogP contribution in [-0.4, -0.2) is 43.8 Å². The number of ketones is 1. The van der Waals surface area contributed by atoms with Gasteiger partial charge in [-0.05, 0) is 50.6 Å². The molecule has 0 spiro atoms. The second kappa shape index (κ2) is 10.0. The van der Waals surface area contributed by atoms with Crippen LogP contribution < -0.4 is 4.74 Å². The summed E-state index contributed by atoms with van der Waals surface area (Å²) in [5.74, 6) is -1.38. The Morgan fingerprint density at radius 1 is 1.21 bits per heavy atom. The first-order chi connectivity index (χ1) is 13.8. The Kier molecular flexibility index (Phi) is 7.73. The highest BCUT2D eigenvalue weighted by Crippen LogP contribution is 2.21. The first-order valence-corrected chi connectivity index (χ1v) is 9.17. The van der Waals surface area contributed by atoms with Crippen LogP contribution in [0.3, 0.4) is 0 Å². The summed E-state index contributed by atoms with van der Waals surface area (Å²) in [6.07, 6.45) is 2.56. The minimum absolute atomic E-state index is 0.0805. The number of nitrogens with zero attached hydrogens (tertiary/aromatic N) is 1. The number of aromatic nitrogens is 1. The average Bonchev–Trinajstić information content (AvgIpc) is 2.99. The van der Waals surface area contributed by atoms with Gasteiger partial charge in [-0.3, -0.25) is 4.79 Å². The quantitative estimate of drug-likeness (QED) is 0.361. The first kappa shape index (κ1) is 22.4. The van der Waals surface area contributed by atoms with Crippen LogP contribution in [-0.2, 0) is 14.3 Å². The zero-order valence-electron chi connectivity index (χ0n) is 17.3. The summed E-state index contributed by atoms with van der Waals surface area (Å²) in [5.41, 5.74) is 2.72. The van der Waals surface area contributed by atoms with E-state index >= 15 is 0 Å². The van der Waals surface area contributed by atoms with Gasteiger partial charge in [0.15, 0.2) is 18.2 Å². The molecule has 2 aromatic rings.